The summed E-state index contributed by atoms with van der Waals surface area (Å²) in [7, 11) is 0. The van der Waals surface area contributed by atoms with Gasteiger partial charge in [-0.3, -0.25) is 4.79 Å². The number of hydrogen-bond donors (Lipinski definition) is 1. The standard InChI is InChI=1S/C19H27N3O/c1-3-4-5-19(21-22-19)6-7-20-16(23)18-11-14-8-15(12-18)10-17(2,9-14)13-18/h1,14-15H,4-13H2,2H3,(H,20,23). The average molecular weight is 313 g/mol. The van der Waals surface area contributed by atoms with Crippen LogP contribution in [0.3, 0.4) is 0 Å². The Labute approximate surface area is 138 Å². The summed E-state index contributed by atoms with van der Waals surface area (Å²) in [4.78, 5) is 13.0. The predicted molar refractivity (Wildman–Crippen MR) is 88.5 cm³/mol. The number of hydrogen-bond acceptors (Lipinski definition) is 3. The van der Waals surface area contributed by atoms with Gasteiger partial charge >= 0.3 is 0 Å². The second-order valence-corrected chi connectivity index (χ2v) is 8.94. The second-order valence-electron chi connectivity index (χ2n) is 8.94. The van der Waals surface area contributed by atoms with Crippen LogP contribution in [0.25, 0.3) is 0 Å². The number of rotatable bonds is 6. The molecule has 2 atom stereocenters. The summed E-state index contributed by atoms with van der Waals surface area (Å²) < 4.78 is 0. The molecule has 5 rings (SSSR count). The molecule has 0 saturated heterocycles. The highest BCUT2D eigenvalue weighted by Gasteiger charge is 2.58. The van der Waals surface area contributed by atoms with Crippen molar-refractivity contribution in [1.29, 1.82) is 0 Å². The zero-order chi connectivity index (χ0) is 16.1. The Morgan fingerprint density at radius 1 is 1.22 bits per heavy atom. The van der Waals surface area contributed by atoms with Gasteiger partial charge in [0.2, 0.25) is 5.91 Å². The zero-order valence-corrected chi connectivity index (χ0v) is 14.1. The number of nitrogens with one attached hydrogen (secondary N) is 1. The van der Waals surface area contributed by atoms with Gasteiger partial charge in [0.15, 0.2) is 5.66 Å². The summed E-state index contributed by atoms with van der Waals surface area (Å²) in [5.41, 5.74) is 0.0480. The van der Waals surface area contributed by atoms with E-state index in [1.165, 1.54) is 19.3 Å². The largest absolute Gasteiger partial charge is 0.355 e. The quantitative estimate of drug-likeness (QED) is 0.747. The molecule has 1 aliphatic heterocycles. The van der Waals surface area contributed by atoms with Crippen molar-refractivity contribution in [2.24, 2.45) is 32.9 Å². The Hall–Kier alpha value is -1.37. The Morgan fingerprint density at radius 2 is 1.91 bits per heavy atom. The molecule has 4 saturated carbocycles. The van der Waals surface area contributed by atoms with Crippen LogP contribution in [0.1, 0.15) is 64.7 Å². The average Bonchev–Trinajstić information content (AvgIpc) is 3.23. The third-order valence-corrected chi connectivity index (χ3v) is 6.70. The lowest BCUT2D eigenvalue weighted by Gasteiger charge is -2.60. The van der Waals surface area contributed by atoms with E-state index < -0.39 is 0 Å². The molecular weight excluding hydrogens is 286 g/mol. The normalized spacial score (nSPS) is 41.6. The van der Waals surface area contributed by atoms with E-state index in [0.29, 0.717) is 24.3 Å². The summed E-state index contributed by atoms with van der Waals surface area (Å²) in [6.07, 6.45) is 15.0. The maximum Gasteiger partial charge on any atom is 0.226 e. The second kappa shape index (κ2) is 5.06. The first-order valence-corrected chi connectivity index (χ1v) is 9.13. The topological polar surface area (TPSA) is 53.8 Å². The maximum atomic E-state index is 13.0. The lowest BCUT2D eigenvalue weighted by atomic mass is 9.44. The van der Waals surface area contributed by atoms with Crippen LogP contribution in [0.2, 0.25) is 0 Å². The van der Waals surface area contributed by atoms with Gasteiger partial charge in [-0.05, 0) is 55.8 Å². The number of carbonyl (C=O) groups is 1. The van der Waals surface area contributed by atoms with E-state index in [0.717, 1.165) is 43.9 Å². The fourth-order valence-electron chi connectivity index (χ4n) is 6.22. The number of terminal acetylenes is 1. The first-order chi connectivity index (χ1) is 11.0. The molecule has 4 aliphatic carbocycles. The van der Waals surface area contributed by atoms with Gasteiger partial charge in [0.1, 0.15) is 0 Å². The Balaban J connectivity index is 1.34. The molecule has 4 bridgehead atoms. The van der Waals surface area contributed by atoms with Gasteiger partial charge < -0.3 is 5.32 Å². The molecule has 0 radical (unpaired) electrons. The molecule has 23 heavy (non-hydrogen) atoms. The van der Waals surface area contributed by atoms with Crippen LogP contribution in [0.4, 0.5) is 0 Å². The van der Waals surface area contributed by atoms with Crippen molar-refractivity contribution >= 4 is 5.91 Å². The van der Waals surface area contributed by atoms with Crippen molar-refractivity contribution < 1.29 is 4.79 Å². The monoisotopic (exact) mass is 313 g/mol. The van der Waals surface area contributed by atoms with E-state index in [-0.39, 0.29) is 11.1 Å². The fourth-order valence-corrected chi connectivity index (χ4v) is 6.22. The zero-order valence-electron chi connectivity index (χ0n) is 14.1. The van der Waals surface area contributed by atoms with Crippen LogP contribution in [-0.4, -0.2) is 18.1 Å². The van der Waals surface area contributed by atoms with Crippen LogP contribution in [0.5, 0.6) is 0 Å². The molecule has 5 aliphatic rings. The van der Waals surface area contributed by atoms with Gasteiger partial charge in [0.25, 0.3) is 0 Å². The van der Waals surface area contributed by atoms with Crippen molar-refractivity contribution in [3.63, 3.8) is 0 Å². The minimum Gasteiger partial charge on any atom is -0.355 e. The molecule has 1 amide bonds. The van der Waals surface area contributed by atoms with Gasteiger partial charge in [0.05, 0.1) is 5.41 Å². The van der Waals surface area contributed by atoms with Gasteiger partial charge in [-0.1, -0.05) is 6.92 Å². The minimum atomic E-state index is -0.285. The summed E-state index contributed by atoms with van der Waals surface area (Å²) >= 11 is 0. The molecule has 4 fully saturated rings. The Bertz CT molecular complexity index is 568. The van der Waals surface area contributed by atoms with Crippen LogP contribution < -0.4 is 5.32 Å². The molecule has 0 spiro atoms. The molecule has 124 valence electrons. The van der Waals surface area contributed by atoms with Crippen molar-refractivity contribution in [2.45, 2.75) is 70.4 Å². The van der Waals surface area contributed by atoms with Gasteiger partial charge in [-0.2, -0.15) is 10.2 Å². The molecule has 1 N–H and O–H groups in total. The van der Waals surface area contributed by atoms with E-state index in [2.05, 4.69) is 28.4 Å². The first kappa shape index (κ1) is 15.2. The first-order valence-electron chi connectivity index (χ1n) is 9.13. The van der Waals surface area contributed by atoms with Gasteiger partial charge in [-0.25, -0.2) is 0 Å². The van der Waals surface area contributed by atoms with Crippen molar-refractivity contribution in [1.82, 2.24) is 5.32 Å². The van der Waals surface area contributed by atoms with Gasteiger partial charge in [0, 0.05) is 25.8 Å². The minimum absolute atomic E-state index is 0.0807. The Morgan fingerprint density at radius 3 is 2.48 bits per heavy atom. The molecule has 1 heterocycles. The van der Waals surface area contributed by atoms with E-state index in [9.17, 15) is 4.79 Å². The van der Waals surface area contributed by atoms with Crippen LogP contribution in [-0.2, 0) is 4.79 Å². The van der Waals surface area contributed by atoms with Crippen LogP contribution in [0, 0.1) is 35.0 Å². The lowest BCUT2D eigenvalue weighted by Crippen LogP contribution is -2.57. The third kappa shape index (κ3) is 2.69. The van der Waals surface area contributed by atoms with Crippen molar-refractivity contribution in [3.05, 3.63) is 0 Å². The third-order valence-electron chi connectivity index (χ3n) is 6.70. The van der Waals surface area contributed by atoms with Crippen LogP contribution in [0.15, 0.2) is 10.2 Å². The highest BCUT2D eigenvalue weighted by molar-refractivity contribution is 5.83. The van der Waals surface area contributed by atoms with E-state index in [1.807, 2.05) is 0 Å². The number of amides is 1. The fraction of sp³-hybridized carbons (Fsp3) is 0.842. The highest BCUT2D eigenvalue weighted by atomic mass is 16.2. The number of nitrogens with zero attached hydrogens (tertiary/aromatic N) is 2. The van der Waals surface area contributed by atoms with E-state index in [4.69, 9.17) is 6.42 Å². The molecular formula is C19H27N3O. The molecule has 0 aromatic carbocycles. The molecule has 4 nitrogen and oxygen atoms in total. The highest BCUT2D eigenvalue weighted by Crippen LogP contribution is 2.65. The van der Waals surface area contributed by atoms with Crippen LogP contribution >= 0.6 is 0 Å². The lowest BCUT2D eigenvalue weighted by molar-refractivity contribution is -0.155. The SMILES string of the molecule is C#CCCC1(CCNC(=O)C23CC4CC(CC(C)(C4)C2)C3)N=N1. The van der Waals surface area contributed by atoms with E-state index in [1.54, 1.807) is 0 Å². The molecule has 2 unspecified atom stereocenters. The summed E-state index contributed by atoms with van der Waals surface area (Å²) in [6, 6.07) is 0. The molecule has 0 aromatic heterocycles. The smallest absolute Gasteiger partial charge is 0.226 e. The van der Waals surface area contributed by atoms with Crippen molar-refractivity contribution in [2.75, 3.05) is 6.54 Å². The number of carbonyl (C=O) groups excluding carboxylic acids is 1. The van der Waals surface area contributed by atoms with E-state index >= 15 is 0 Å². The Kier molecular flexibility index (Phi) is 3.34. The summed E-state index contributed by atoms with van der Waals surface area (Å²) in [5, 5.41) is 11.5. The molecule has 0 aromatic rings. The summed E-state index contributed by atoms with van der Waals surface area (Å²) in [6.45, 7) is 3.08. The predicted octanol–water partition coefficient (Wildman–Crippen LogP) is 3.67. The summed E-state index contributed by atoms with van der Waals surface area (Å²) in [5.74, 6) is 4.51. The van der Waals surface area contributed by atoms with Crippen molar-refractivity contribution in [3.8, 4) is 12.3 Å². The maximum absolute atomic E-state index is 13.0. The van der Waals surface area contributed by atoms with Gasteiger partial charge in [-0.15, -0.1) is 12.3 Å². The molecule has 4 heteroatoms.